The van der Waals surface area contributed by atoms with Crippen molar-refractivity contribution in [1.82, 2.24) is 5.32 Å². The van der Waals surface area contributed by atoms with Crippen LogP contribution in [0.5, 0.6) is 0 Å². The zero-order valence-electron chi connectivity index (χ0n) is 11.7. The first-order valence-electron chi connectivity index (χ1n) is 7.15. The van der Waals surface area contributed by atoms with E-state index in [1.54, 1.807) is 0 Å². The second-order valence-corrected chi connectivity index (χ2v) is 5.32. The van der Waals surface area contributed by atoms with Gasteiger partial charge in [0.1, 0.15) is 0 Å². The van der Waals surface area contributed by atoms with E-state index >= 15 is 0 Å². The van der Waals surface area contributed by atoms with Gasteiger partial charge in [-0.3, -0.25) is 4.79 Å². The summed E-state index contributed by atoms with van der Waals surface area (Å²) in [5.41, 5.74) is -0.153. The van der Waals surface area contributed by atoms with Gasteiger partial charge in [-0.15, -0.1) is 0 Å². The van der Waals surface area contributed by atoms with E-state index < -0.39 is 0 Å². The van der Waals surface area contributed by atoms with E-state index in [1.165, 1.54) is 0 Å². The molecule has 1 aliphatic rings. The molecule has 106 valence electrons. The fourth-order valence-corrected chi connectivity index (χ4v) is 2.32. The predicted molar refractivity (Wildman–Crippen MR) is 71.3 cm³/mol. The molecule has 1 heterocycles. The Morgan fingerprint density at radius 1 is 1.44 bits per heavy atom. The molecule has 0 aromatic rings. The number of aliphatic hydroxyl groups excluding tert-OH is 1. The predicted octanol–water partition coefficient (Wildman–Crippen LogP) is 1.86. The zero-order valence-corrected chi connectivity index (χ0v) is 11.7. The lowest BCUT2D eigenvalue weighted by molar-refractivity contribution is -0.122. The number of hydrogen-bond acceptors (Lipinski definition) is 3. The molecule has 4 nitrogen and oxygen atoms in total. The highest BCUT2D eigenvalue weighted by Crippen LogP contribution is 2.24. The molecule has 18 heavy (non-hydrogen) atoms. The van der Waals surface area contributed by atoms with Gasteiger partial charge in [0.15, 0.2) is 0 Å². The van der Waals surface area contributed by atoms with E-state index in [1.807, 2.05) is 0 Å². The molecule has 1 saturated heterocycles. The fraction of sp³-hybridized carbons (Fsp3) is 0.929. The smallest absolute Gasteiger partial charge is 0.220 e. The zero-order chi connectivity index (χ0) is 13.4. The maximum absolute atomic E-state index is 11.7. The second kappa shape index (κ2) is 7.74. The Morgan fingerprint density at radius 2 is 2.17 bits per heavy atom. The van der Waals surface area contributed by atoms with Crippen LogP contribution in [0.1, 0.15) is 52.4 Å². The van der Waals surface area contributed by atoms with Crippen LogP contribution in [0, 0.1) is 5.41 Å². The Morgan fingerprint density at radius 3 is 2.67 bits per heavy atom. The van der Waals surface area contributed by atoms with Crippen molar-refractivity contribution in [2.75, 3.05) is 19.8 Å². The van der Waals surface area contributed by atoms with E-state index in [-0.39, 0.29) is 24.0 Å². The van der Waals surface area contributed by atoms with Crippen LogP contribution in [0.15, 0.2) is 0 Å². The number of amides is 1. The average molecular weight is 257 g/mol. The van der Waals surface area contributed by atoms with Crippen molar-refractivity contribution >= 4 is 5.91 Å². The van der Waals surface area contributed by atoms with Crippen LogP contribution in [-0.4, -0.2) is 36.9 Å². The summed E-state index contributed by atoms with van der Waals surface area (Å²) in [6.07, 6.45) is 5.58. The van der Waals surface area contributed by atoms with Crippen molar-refractivity contribution in [3.63, 3.8) is 0 Å². The Bertz CT molecular complexity index is 237. The molecule has 1 fully saturated rings. The molecule has 2 N–H and O–H groups in total. The lowest BCUT2D eigenvalue weighted by atomic mass is 9.83. The minimum absolute atomic E-state index is 0.0743. The number of aliphatic hydroxyl groups is 1. The maximum Gasteiger partial charge on any atom is 0.220 e. The molecule has 1 aliphatic heterocycles. The lowest BCUT2D eigenvalue weighted by Crippen LogP contribution is -2.39. The van der Waals surface area contributed by atoms with Crippen molar-refractivity contribution < 1.29 is 14.6 Å². The van der Waals surface area contributed by atoms with E-state index in [0.29, 0.717) is 13.0 Å². The molecule has 0 radical (unpaired) electrons. The summed E-state index contributed by atoms with van der Waals surface area (Å²) < 4.78 is 5.49. The normalized spacial score (nSPS) is 20.1. The molecular formula is C14H27NO3. The summed E-state index contributed by atoms with van der Waals surface area (Å²) in [4.78, 5) is 11.7. The van der Waals surface area contributed by atoms with Crippen molar-refractivity contribution in [2.45, 2.75) is 58.5 Å². The van der Waals surface area contributed by atoms with Gasteiger partial charge in [0.25, 0.3) is 0 Å². The second-order valence-electron chi connectivity index (χ2n) is 5.32. The largest absolute Gasteiger partial charge is 0.396 e. The third-order valence-corrected chi connectivity index (χ3v) is 4.21. The van der Waals surface area contributed by atoms with Crippen LogP contribution >= 0.6 is 0 Å². The van der Waals surface area contributed by atoms with Gasteiger partial charge < -0.3 is 15.2 Å². The molecule has 0 aromatic carbocycles. The SMILES string of the molecule is CCC(CC)(CO)CNC(=O)CCC1CCCO1. The molecule has 0 aliphatic carbocycles. The summed E-state index contributed by atoms with van der Waals surface area (Å²) in [5.74, 6) is 0.0743. The van der Waals surface area contributed by atoms with Gasteiger partial charge in [0.2, 0.25) is 5.91 Å². The first-order chi connectivity index (χ1) is 8.65. The summed E-state index contributed by atoms with van der Waals surface area (Å²) >= 11 is 0. The van der Waals surface area contributed by atoms with Gasteiger partial charge in [-0.2, -0.15) is 0 Å². The Labute approximate surface area is 110 Å². The lowest BCUT2D eigenvalue weighted by Gasteiger charge is -2.29. The van der Waals surface area contributed by atoms with E-state index in [9.17, 15) is 9.90 Å². The highest BCUT2D eigenvalue weighted by molar-refractivity contribution is 5.75. The van der Waals surface area contributed by atoms with Crippen LogP contribution in [0.25, 0.3) is 0 Å². The molecular weight excluding hydrogens is 230 g/mol. The van der Waals surface area contributed by atoms with Crippen LogP contribution in [0.4, 0.5) is 0 Å². The van der Waals surface area contributed by atoms with Gasteiger partial charge in [-0.05, 0) is 32.1 Å². The summed E-state index contributed by atoms with van der Waals surface area (Å²) in [7, 11) is 0. The fourth-order valence-electron chi connectivity index (χ4n) is 2.32. The maximum atomic E-state index is 11.7. The van der Waals surface area contributed by atoms with E-state index in [2.05, 4.69) is 19.2 Å². The van der Waals surface area contributed by atoms with Crippen molar-refractivity contribution in [1.29, 1.82) is 0 Å². The number of ether oxygens (including phenoxy) is 1. The number of rotatable bonds is 8. The first kappa shape index (κ1) is 15.4. The summed E-state index contributed by atoms with van der Waals surface area (Å²) in [6, 6.07) is 0. The minimum Gasteiger partial charge on any atom is -0.396 e. The van der Waals surface area contributed by atoms with Gasteiger partial charge in [0.05, 0.1) is 12.7 Å². The third kappa shape index (κ3) is 4.58. The van der Waals surface area contributed by atoms with E-state index in [4.69, 9.17) is 4.74 Å². The van der Waals surface area contributed by atoms with Crippen LogP contribution in [0.2, 0.25) is 0 Å². The van der Waals surface area contributed by atoms with Crippen molar-refractivity contribution in [3.8, 4) is 0 Å². The number of carbonyl (C=O) groups is 1. The highest BCUT2D eigenvalue weighted by Gasteiger charge is 2.26. The Balaban J connectivity index is 2.22. The molecule has 0 saturated carbocycles. The summed E-state index contributed by atoms with van der Waals surface area (Å²) in [6.45, 7) is 5.65. The minimum atomic E-state index is -0.153. The highest BCUT2D eigenvalue weighted by atomic mass is 16.5. The van der Waals surface area contributed by atoms with E-state index in [0.717, 1.165) is 38.7 Å². The van der Waals surface area contributed by atoms with Crippen molar-refractivity contribution in [3.05, 3.63) is 0 Å². The summed E-state index contributed by atoms with van der Waals surface area (Å²) in [5, 5.41) is 12.4. The van der Waals surface area contributed by atoms with Gasteiger partial charge in [-0.25, -0.2) is 0 Å². The standard InChI is InChI=1S/C14H27NO3/c1-3-14(4-2,11-16)10-15-13(17)8-7-12-6-5-9-18-12/h12,16H,3-11H2,1-2H3,(H,15,17). The Hall–Kier alpha value is -0.610. The molecule has 0 bridgehead atoms. The van der Waals surface area contributed by atoms with Crippen LogP contribution in [-0.2, 0) is 9.53 Å². The molecule has 1 atom stereocenters. The molecule has 1 unspecified atom stereocenters. The topological polar surface area (TPSA) is 58.6 Å². The molecule has 4 heteroatoms. The molecule has 0 spiro atoms. The van der Waals surface area contributed by atoms with Crippen molar-refractivity contribution in [2.24, 2.45) is 5.41 Å². The quantitative estimate of drug-likeness (QED) is 0.698. The van der Waals surface area contributed by atoms with Crippen LogP contribution < -0.4 is 5.32 Å². The third-order valence-electron chi connectivity index (χ3n) is 4.21. The monoisotopic (exact) mass is 257 g/mol. The molecule has 1 rings (SSSR count). The Kier molecular flexibility index (Phi) is 6.65. The number of carbonyl (C=O) groups excluding carboxylic acids is 1. The van der Waals surface area contributed by atoms with Gasteiger partial charge in [-0.1, -0.05) is 13.8 Å². The molecule has 1 amide bonds. The van der Waals surface area contributed by atoms with Crippen LogP contribution in [0.3, 0.4) is 0 Å². The number of nitrogens with one attached hydrogen (secondary N) is 1. The molecule has 0 aromatic heterocycles. The first-order valence-corrected chi connectivity index (χ1v) is 7.15. The number of hydrogen-bond donors (Lipinski definition) is 2. The van der Waals surface area contributed by atoms with Gasteiger partial charge in [0, 0.05) is 25.0 Å². The average Bonchev–Trinajstić information content (AvgIpc) is 2.92. The van der Waals surface area contributed by atoms with Gasteiger partial charge >= 0.3 is 0 Å².